The number of hydrogen-bond donors (Lipinski definition) is 0. The van der Waals surface area contributed by atoms with Crippen LogP contribution in [0.1, 0.15) is 16.7 Å². The van der Waals surface area contributed by atoms with Gasteiger partial charge in [0, 0.05) is 19.8 Å². The zero-order chi connectivity index (χ0) is 25.9. The molecule has 5 aromatic rings. The van der Waals surface area contributed by atoms with Crippen molar-refractivity contribution in [1.82, 2.24) is 4.98 Å². The van der Waals surface area contributed by atoms with Gasteiger partial charge in [0.05, 0.1) is 22.0 Å². The molecule has 0 radical (unpaired) electrons. The van der Waals surface area contributed by atoms with Gasteiger partial charge in [-0.15, -0.1) is 0 Å². The van der Waals surface area contributed by atoms with Crippen LogP contribution in [0.3, 0.4) is 0 Å². The lowest BCUT2D eigenvalue weighted by Gasteiger charge is -2.34. The second kappa shape index (κ2) is 12.0. The first-order valence-corrected chi connectivity index (χ1v) is 13.6. The summed E-state index contributed by atoms with van der Waals surface area (Å²) >= 11 is 1.74. The first kappa shape index (κ1) is 26.9. The largest absolute Gasteiger partial charge is 1.00 e. The molecule has 6 rings (SSSR count). The maximum atomic E-state index is 5.08. The van der Waals surface area contributed by atoms with Crippen molar-refractivity contribution in [2.45, 2.75) is 6.04 Å². The molecule has 1 aliphatic rings. The Hall–Kier alpha value is -3.68. The summed E-state index contributed by atoms with van der Waals surface area (Å²) in [5.74, 6) is 0. The maximum Gasteiger partial charge on any atom is 0.191 e. The minimum atomic E-state index is -0.0144. The number of hydrogen-bond acceptors (Lipinski definition) is 4. The molecule has 39 heavy (non-hydrogen) atoms. The number of thiazole rings is 1. The summed E-state index contributed by atoms with van der Waals surface area (Å²) in [5, 5.41) is 0.988. The number of anilines is 2. The van der Waals surface area contributed by atoms with Crippen LogP contribution in [0, 0.1) is 0 Å². The van der Waals surface area contributed by atoms with Gasteiger partial charge in [-0.05, 0) is 58.7 Å². The molecule has 0 spiro atoms. The molecule has 0 saturated carbocycles. The summed E-state index contributed by atoms with van der Waals surface area (Å²) in [4.78, 5) is 9.57. The van der Waals surface area contributed by atoms with Crippen molar-refractivity contribution in [3.8, 4) is 0 Å². The minimum absolute atomic E-state index is 0. The third-order valence-corrected chi connectivity index (χ3v) is 7.80. The standard InChI is InChI=1S/C34H29N3S.HI/c1-36(2)29-20-17-25(18-21-29)19-22-30-23-28(26-11-5-3-6-12-26)24-32(27-13-7-4-8-14-27)37(30)34-35-31-15-9-10-16-33(31)38-34;/h3-24,30H,1-2H3;1H/p-1. The molecule has 0 fully saturated rings. The summed E-state index contributed by atoms with van der Waals surface area (Å²) < 4.78 is 1.19. The van der Waals surface area contributed by atoms with E-state index in [4.69, 9.17) is 4.98 Å². The van der Waals surface area contributed by atoms with E-state index in [2.05, 4.69) is 157 Å². The zero-order valence-corrected chi connectivity index (χ0v) is 24.9. The van der Waals surface area contributed by atoms with Crippen molar-refractivity contribution in [1.29, 1.82) is 0 Å². The molecule has 1 atom stereocenters. The van der Waals surface area contributed by atoms with Crippen LogP contribution in [0.4, 0.5) is 10.8 Å². The number of para-hydroxylation sites is 1. The Morgan fingerprint density at radius 1 is 0.769 bits per heavy atom. The van der Waals surface area contributed by atoms with E-state index in [1.54, 1.807) is 11.3 Å². The van der Waals surface area contributed by atoms with Crippen molar-refractivity contribution in [3.63, 3.8) is 0 Å². The molecule has 0 saturated heterocycles. The van der Waals surface area contributed by atoms with Crippen LogP contribution < -0.4 is 33.8 Å². The van der Waals surface area contributed by atoms with Gasteiger partial charge in [-0.3, -0.25) is 0 Å². The van der Waals surface area contributed by atoms with Crippen LogP contribution in [-0.2, 0) is 0 Å². The fourth-order valence-corrected chi connectivity index (χ4v) is 5.78. The highest BCUT2D eigenvalue weighted by Gasteiger charge is 2.27. The van der Waals surface area contributed by atoms with Gasteiger partial charge in [0.2, 0.25) is 0 Å². The normalized spacial score (nSPS) is 15.1. The van der Waals surface area contributed by atoms with Gasteiger partial charge < -0.3 is 33.8 Å². The van der Waals surface area contributed by atoms with E-state index < -0.39 is 0 Å². The van der Waals surface area contributed by atoms with Crippen molar-refractivity contribution in [2.75, 3.05) is 23.9 Å². The van der Waals surface area contributed by atoms with Crippen LogP contribution in [0.5, 0.6) is 0 Å². The summed E-state index contributed by atoms with van der Waals surface area (Å²) in [7, 11) is 4.13. The topological polar surface area (TPSA) is 19.4 Å². The smallest absolute Gasteiger partial charge is 0.191 e. The van der Waals surface area contributed by atoms with Crippen LogP contribution in [0.15, 0.2) is 127 Å². The highest BCUT2D eigenvalue weighted by molar-refractivity contribution is 7.22. The van der Waals surface area contributed by atoms with E-state index in [-0.39, 0.29) is 30.0 Å². The van der Waals surface area contributed by atoms with Gasteiger partial charge in [0.15, 0.2) is 5.13 Å². The number of benzene rings is 4. The third kappa shape index (κ3) is 5.84. The monoisotopic (exact) mass is 638 g/mol. The van der Waals surface area contributed by atoms with Crippen molar-refractivity contribution >= 4 is 49.7 Å². The Morgan fingerprint density at radius 2 is 1.41 bits per heavy atom. The van der Waals surface area contributed by atoms with E-state index in [0.29, 0.717) is 0 Å². The lowest BCUT2D eigenvalue weighted by Crippen LogP contribution is -3.00. The lowest BCUT2D eigenvalue weighted by molar-refractivity contribution is -0.00000727. The van der Waals surface area contributed by atoms with Crippen molar-refractivity contribution in [3.05, 3.63) is 144 Å². The number of fused-ring (bicyclic) bond motifs is 1. The molecule has 0 amide bonds. The number of nitrogens with zero attached hydrogens (tertiary/aromatic N) is 3. The Morgan fingerprint density at radius 3 is 2.08 bits per heavy atom. The quantitative estimate of drug-likeness (QED) is 0.233. The number of rotatable bonds is 6. The van der Waals surface area contributed by atoms with E-state index in [1.807, 2.05) is 0 Å². The molecule has 1 aliphatic heterocycles. The highest BCUT2D eigenvalue weighted by atomic mass is 127. The fraction of sp³-hybridized carbons (Fsp3) is 0.0882. The molecule has 0 N–H and O–H groups in total. The molecular weight excluding hydrogens is 609 g/mol. The molecule has 2 heterocycles. The Labute approximate surface area is 251 Å². The summed E-state index contributed by atoms with van der Waals surface area (Å²) in [6.07, 6.45) is 9.15. The number of aromatic nitrogens is 1. The van der Waals surface area contributed by atoms with Crippen LogP contribution >= 0.6 is 11.3 Å². The molecule has 194 valence electrons. The number of halogens is 1. The highest BCUT2D eigenvalue weighted by Crippen LogP contribution is 2.40. The zero-order valence-electron chi connectivity index (χ0n) is 21.9. The van der Waals surface area contributed by atoms with Gasteiger partial charge in [-0.2, -0.15) is 0 Å². The SMILES string of the molecule is CN(C)c1ccc(C=CC2C=C(c3ccccc3)C=C(c3ccccc3)N2c2nc3ccccc3s2)cc1.[I-]. The first-order chi connectivity index (χ1) is 18.7. The van der Waals surface area contributed by atoms with Crippen LogP contribution in [0.25, 0.3) is 27.6 Å². The van der Waals surface area contributed by atoms with E-state index in [0.717, 1.165) is 16.3 Å². The predicted molar refractivity (Wildman–Crippen MR) is 165 cm³/mol. The van der Waals surface area contributed by atoms with Gasteiger partial charge in [-0.1, -0.05) is 108 Å². The molecule has 0 aliphatic carbocycles. The molecule has 5 heteroatoms. The van der Waals surface area contributed by atoms with Gasteiger partial charge >= 0.3 is 0 Å². The van der Waals surface area contributed by atoms with Crippen LogP contribution in [0.2, 0.25) is 0 Å². The summed E-state index contributed by atoms with van der Waals surface area (Å²) in [6.45, 7) is 0. The number of allylic oxidation sites excluding steroid dienone is 2. The van der Waals surface area contributed by atoms with E-state index in [1.165, 1.54) is 32.7 Å². The van der Waals surface area contributed by atoms with Crippen molar-refractivity contribution < 1.29 is 24.0 Å². The third-order valence-electron chi connectivity index (χ3n) is 6.76. The Kier molecular flexibility index (Phi) is 8.29. The van der Waals surface area contributed by atoms with Crippen LogP contribution in [-0.4, -0.2) is 25.1 Å². The Balaban J connectivity index is 0.00000308. The predicted octanol–water partition coefficient (Wildman–Crippen LogP) is 5.39. The maximum absolute atomic E-state index is 5.08. The Bertz CT molecular complexity index is 1600. The molecule has 4 aromatic carbocycles. The molecule has 3 nitrogen and oxygen atoms in total. The summed E-state index contributed by atoms with van der Waals surface area (Å²) in [6, 6.07) is 38.3. The first-order valence-electron chi connectivity index (χ1n) is 12.8. The van der Waals surface area contributed by atoms with Crippen molar-refractivity contribution in [2.24, 2.45) is 0 Å². The van der Waals surface area contributed by atoms with Gasteiger partial charge in [0.25, 0.3) is 0 Å². The molecule has 1 unspecified atom stereocenters. The second-order valence-electron chi connectivity index (χ2n) is 9.55. The second-order valence-corrected chi connectivity index (χ2v) is 10.6. The average Bonchev–Trinajstić information content (AvgIpc) is 3.40. The minimum Gasteiger partial charge on any atom is -1.00 e. The molecule has 0 bridgehead atoms. The molecule has 1 aromatic heterocycles. The molecular formula is C34H29IN3S-. The van der Waals surface area contributed by atoms with E-state index in [9.17, 15) is 0 Å². The summed E-state index contributed by atoms with van der Waals surface area (Å²) in [5.41, 5.74) is 8.12. The average molecular weight is 639 g/mol. The lowest BCUT2D eigenvalue weighted by atomic mass is 9.94. The fourth-order valence-electron chi connectivity index (χ4n) is 4.75. The van der Waals surface area contributed by atoms with Gasteiger partial charge in [0.1, 0.15) is 0 Å². The van der Waals surface area contributed by atoms with Gasteiger partial charge in [-0.25, -0.2) is 4.98 Å². The van der Waals surface area contributed by atoms with E-state index >= 15 is 0 Å².